The van der Waals surface area contributed by atoms with E-state index >= 15 is 0 Å². The number of likely N-dealkylation sites (tertiary alicyclic amines) is 1. The summed E-state index contributed by atoms with van der Waals surface area (Å²) in [5.41, 5.74) is 5.78. The SMILES string of the molecule is CCCCCCN1CCCCC1CN. The summed E-state index contributed by atoms with van der Waals surface area (Å²) in [6, 6.07) is 0.686. The Morgan fingerprint density at radius 3 is 2.79 bits per heavy atom. The molecule has 84 valence electrons. The summed E-state index contributed by atoms with van der Waals surface area (Å²) in [6.45, 7) is 5.69. The summed E-state index contributed by atoms with van der Waals surface area (Å²) < 4.78 is 0. The predicted octanol–water partition coefficient (Wildman–Crippen LogP) is 2.38. The van der Waals surface area contributed by atoms with Crippen LogP contribution in [0.15, 0.2) is 0 Å². The van der Waals surface area contributed by atoms with Crippen LogP contribution in [0.25, 0.3) is 0 Å². The topological polar surface area (TPSA) is 29.3 Å². The molecule has 0 aromatic heterocycles. The molecule has 2 nitrogen and oxygen atoms in total. The third kappa shape index (κ3) is 3.97. The molecule has 1 saturated heterocycles. The van der Waals surface area contributed by atoms with E-state index in [4.69, 9.17) is 5.73 Å². The van der Waals surface area contributed by atoms with E-state index in [2.05, 4.69) is 11.8 Å². The van der Waals surface area contributed by atoms with Gasteiger partial charge in [0.15, 0.2) is 0 Å². The van der Waals surface area contributed by atoms with E-state index in [0.717, 1.165) is 6.54 Å². The fraction of sp³-hybridized carbons (Fsp3) is 1.00. The van der Waals surface area contributed by atoms with Crippen LogP contribution in [0, 0.1) is 0 Å². The second kappa shape index (κ2) is 7.24. The monoisotopic (exact) mass is 198 g/mol. The Morgan fingerprint density at radius 2 is 2.07 bits per heavy atom. The highest BCUT2D eigenvalue weighted by molar-refractivity contribution is 4.77. The van der Waals surface area contributed by atoms with Gasteiger partial charge >= 0.3 is 0 Å². The molecule has 0 bridgehead atoms. The van der Waals surface area contributed by atoms with Crippen molar-refractivity contribution in [1.82, 2.24) is 4.90 Å². The van der Waals surface area contributed by atoms with Gasteiger partial charge in [-0.2, -0.15) is 0 Å². The van der Waals surface area contributed by atoms with Crippen molar-refractivity contribution in [2.75, 3.05) is 19.6 Å². The average Bonchev–Trinajstić information content (AvgIpc) is 2.25. The second-order valence-electron chi connectivity index (χ2n) is 4.48. The highest BCUT2D eigenvalue weighted by Gasteiger charge is 2.19. The number of nitrogens with zero attached hydrogens (tertiary/aromatic N) is 1. The Kier molecular flexibility index (Phi) is 6.20. The molecule has 0 saturated carbocycles. The third-order valence-electron chi connectivity index (χ3n) is 3.32. The molecule has 0 aromatic carbocycles. The molecule has 1 aliphatic rings. The number of hydrogen-bond donors (Lipinski definition) is 1. The van der Waals surface area contributed by atoms with Crippen molar-refractivity contribution in [2.45, 2.75) is 57.9 Å². The molecule has 2 N–H and O–H groups in total. The summed E-state index contributed by atoms with van der Waals surface area (Å²) in [6.07, 6.45) is 9.57. The fourth-order valence-corrected chi connectivity index (χ4v) is 2.36. The van der Waals surface area contributed by atoms with Crippen LogP contribution in [-0.2, 0) is 0 Å². The van der Waals surface area contributed by atoms with E-state index in [1.165, 1.54) is 58.0 Å². The zero-order valence-electron chi connectivity index (χ0n) is 9.67. The van der Waals surface area contributed by atoms with Crippen molar-refractivity contribution >= 4 is 0 Å². The first-order chi connectivity index (χ1) is 6.88. The molecule has 0 amide bonds. The van der Waals surface area contributed by atoms with Gasteiger partial charge in [0.2, 0.25) is 0 Å². The van der Waals surface area contributed by atoms with E-state index in [9.17, 15) is 0 Å². The van der Waals surface area contributed by atoms with Crippen LogP contribution in [0.1, 0.15) is 51.9 Å². The number of hydrogen-bond acceptors (Lipinski definition) is 2. The molecule has 1 atom stereocenters. The van der Waals surface area contributed by atoms with Crippen LogP contribution in [0.2, 0.25) is 0 Å². The molecule has 2 heteroatoms. The van der Waals surface area contributed by atoms with Gasteiger partial charge in [-0.1, -0.05) is 32.6 Å². The van der Waals surface area contributed by atoms with E-state index in [0.29, 0.717) is 6.04 Å². The molecule has 1 aliphatic heterocycles. The zero-order valence-corrected chi connectivity index (χ0v) is 9.67. The molecular formula is C12H26N2. The van der Waals surface area contributed by atoms with Crippen LogP contribution < -0.4 is 5.73 Å². The second-order valence-corrected chi connectivity index (χ2v) is 4.48. The summed E-state index contributed by atoms with van der Waals surface area (Å²) in [4.78, 5) is 2.61. The Morgan fingerprint density at radius 1 is 1.21 bits per heavy atom. The maximum atomic E-state index is 5.78. The lowest BCUT2D eigenvalue weighted by atomic mass is 10.0. The van der Waals surface area contributed by atoms with Gasteiger partial charge < -0.3 is 5.73 Å². The van der Waals surface area contributed by atoms with Gasteiger partial charge in [0, 0.05) is 12.6 Å². The van der Waals surface area contributed by atoms with Crippen LogP contribution >= 0.6 is 0 Å². The van der Waals surface area contributed by atoms with Crippen molar-refractivity contribution in [3.05, 3.63) is 0 Å². The normalized spacial score (nSPS) is 24.0. The van der Waals surface area contributed by atoms with Crippen LogP contribution in [0.5, 0.6) is 0 Å². The smallest absolute Gasteiger partial charge is 0.0218 e. The van der Waals surface area contributed by atoms with Crippen molar-refractivity contribution in [3.63, 3.8) is 0 Å². The maximum absolute atomic E-state index is 5.78. The van der Waals surface area contributed by atoms with Crippen molar-refractivity contribution in [3.8, 4) is 0 Å². The first-order valence-corrected chi connectivity index (χ1v) is 6.32. The molecule has 0 radical (unpaired) electrons. The zero-order chi connectivity index (χ0) is 10.2. The minimum absolute atomic E-state index is 0.686. The van der Waals surface area contributed by atoms with Gasteiger partial charge in [0.1, 0.15) is 0 Å². The Bertz CT molecular complexity index is 136. The standard InChI is InChI=1S/C12H26N2/c1-2-3-4-6-9-14-10-7-5-8-12(14)11-13/h12H,2-11,13H2,1H3. The first-order valence-electron chi connectivity index (χ1n) is 6.32. The maximum Gasteiger partial charge on any atom is 0.0218 e. The molecule has 0 aliphatic carbocycles. The lowest BCUT2D eigenvalue weighted by Gasteiger charge is -2.34. The van der Waals surface area contributed by atoms with Gasteiger partial charge in [-0.25, -0.2) is 0 Å². The summed E-state index contributed by atoms with van der Waals surface area (Å²) >= 11 is 0. The third-order valence-corrected chi connectivity index (χ3v) is 3.32. The van der Waals surface area contributed by atoms with Crippen molar-refractivity contribution in [1.29, 1.82) is 0 Å². The minimum Gasteiger partial charge on any atom is -0.329 e. The van der Waals surface area contributed by atoms with Crippen LogP contribution in [-0.4, -0.2) is 30.6 Å². The predicted molar refractivity (Wildman–Crippen MR) is 62.4 cm³/mol. The number of piperidine rings is 1. The molecule has 1 rings (SSSR count). The van der Waals surface area contributed by atoms with E-state index in [-0.39, 0.29) is 0 Å². The number of rotatable bonds is 6. The molecular weight excluding hydrogens is 172 g/mol. The molecule has 1 unspecified atom stereocenters. The molecule has 14 heavy (non-hydrogen) atoms. The Hall–Kier alpha value is -0.0800. The van der Waals surface area contributed by atoms with Gasteiger partial charge in [-0.05, 0) is 32.4 Å². The highest BCUT2D eigenvalue weighted by atomic mass is 15.2. The van der Waals surface area contributed by atoms with Crippen molar-refractivity contribution in [2.24, 2.45) is 5.73 Å². The molecule has 1 heterocycles. The average molecular weight is 198 g/mol. The number of nitrogens with two attached hydrogens (primary N) is 1. The number of unbranched alkanes of at least 4 members (excludes halogenated alkanes) is 3. The first kappa shape index (κ1) is 12.0. The van der Waals surface area contributed by atoms with E-state index < -0.39 is 0 Å². The fourth-order valence-electron chi connectivity index (χ4n) is 2.36. The molecule has 0 spiro atoms. The Balaban J connectivity index is 2.13. The van der Waals surface area contributed by atoms with Gasteiger partial charge in [-0.15, -0.1) is 0 Å². The minimum atomic E-state index is 0.686. The van der Waals surface area contributed by atoms with Gasteiger partial charge in [0.25, 0.3) is 0 Å². The van der Waals surface area contributed by atoms with E-state index in [1.54, 1.807) is 0 Å². The van der Waals surface area contributed by atoms with Crippen LogP contribution in [0.3, 0.4) is 0 Å². The lowest BCUT2D eigenvalue weighted by Crippen LogP contribution is -2.44. The van der Waals surface area contributed by atoms with Crippen LogP contribution in [0.4, 0.5) is 0 Å². The largest absolute Gasteiger partial charge is 0.329 e. The molecule has 0 aromatic rings. The highest BCUT2D eigenvalue weighted by Crippen LogP contribution is 2.16. The van der Waals surface area contributed by atoms with Gasteiger partial charge in [-0.3, -0.25) is 4.90 Å². The van der Waals surface area contributed by atoms with Gasteiger partial charge in [0.05, 0.1) is 0 Å². The van der Waals surface area contributed by atoms with E-state index in [1.807, 2.05) is 0 Å². The quantitative estimate of drug-likeness (QED) is 0.664. The molecule has 1 fully saturated rings. The lowest BCUT2D eigenvalue weighted by molar-refractivity contribution is 0.150. The Labute approximate surface area is 88.8 Å². The summed E-state index contributed by atoms with van der Waals surface area (Å²) in [7, 11) is 0. The summed E-state index contributed by atoms with van der Waals surface area (Å²) in [5.74, 6) is 0. The van der Waals surface area contributed by atoms with Crippen molar-refractivity contribution < 1.29 is 0 Å². The summed E-state index contributed by atoms with van der Waals surface area (Å²) in [5, 5.41) is 0.